The van der Waals surface area contributed by atoms with Crippen LogP contribution in [0.4, 0.5) is 5.00 Å². The van der Waals surface area contributed by atoms with E-state index in [0.717, 1.165) is 21.3 Å². The second-order valence-corrected chi connectivity index (χ2v) is 10.7. The van der Waals surface area contributed by atoms with Crippen LogP contribution in [0.1, 0.15) is 27.5 Å². The van der Waals surface area contributed by atoms with Crippen molar-refractivity contribution in [3.8, 4) is 5.69 Å². The number of aromatic nitrogens is 2. The Hall–Kier alpha value is -3.80. The highest BCUT2D eigenvalue weighted by Crippen LogP contribution is 2.43. The fourth-order valence-electron chi connectivity index (χ4n) is 3.83. The molecule has 2 aromatic carbocycles. The Morgan fingerprint density at radius 2 is 1.79 bits per heavy atom. The molecule has 11 heteroatoms. The average Bonchev–Trinajstić information content (AvgIpc) is 3.54. The number of hydrogen-bond donors (Lipinski definition) is 2. The van der Waals surface area contributed by atoms with Crippen LogP contribution in [0.2, 0.25) is 0 Å². The van der Waals surface area contributed by atoms with E-state index in [4.69, 9.17) is 0 Å². The van der Waals surface area contributed by atoms with Gasteiger partial charge in [0, 0.05) is 30.1 Å². The molecule has 0 spiro atoms. The van der Waals surface area contributed by atoms with E-state index in [2.05, 4.69) is 10.4 Å². The van der Waals surface area contributed by atoms with Gasteiger partial charge in [0.15, 0.2) is 0 Å². The lowest BCUT2D eigenvalue weighted by Crippen LogP contribution is -2.34. The number of carbonyl (C=O) groups is 2. The molecule has 0 radical (unpaired) electrons. The van der Waals surface area contributed by atoms with Gasteiger partial charge in [0.1, 0.15) is 10.3 Å². The number of nitrogens with one attached hydrogen (secondary N) is 1. The number of fused-ring (bicyclic) bond motifs is 1. The molecule has 1 aliphatic heterocycles. The molecule has 3 heterocycles. The van der Waals surface area contributed by atoms with E-state index in [1.165, 1.54) is 0 Å². The van der Waals surface area contributed by atoms with Crippen LogP contribution >= 0.6 is 11.3 Å². The van der Waals surface area contributed by atoms with Crippen LogP contribution in [0.15, 0.2) is 83.3 Å². The average molecular weight is 495 g/mol. The number of carboxylic acids is 1. The second-order valence-electron chi connectivity index (χ2n) is 7.58. The maximum Gasteiger partial charge on any atom is 0.326 e. The quantitative estimate of drug-likeness (QED) is 0.423. The summed E-state index contributed by atoms with van der Waals surface area (Å²) < 4.78 is 29.0. The first-order valence-corrected chi connectivity index (χ1v) is 12.4. The Bertz CT molecular complexity index is 1460. The minimum atomic E-state index is -4.04. The van der Waals surface area contributed by atoms with Gasteiger partial charge < -0.3 is 10.4 Å². The van der Waals surface area contributed by atoms with Crippen molar-refractivity contribution in [3.05, 3.63) is 95.8 Å². The fraction of sp³-hybridized carbons (Fsp3) is 0.0870. The number of anilines is 1. The Labute approximate surface area is 198 Å². The zero-order valence-corrected chi connectivity index (χ0v) is 19.2. The molecule has 2 N–H and O–H groups in total. The third-order valence-electron chi connectivity index (χ3n) is 5.41. The maximum atomic E-state index is 13.2. The lowest BCUT2D eigenvalue weighted by atomic mass is 10.1. The Morgan fingerprint density at radius 1 is 1.06 bits per heavy atom. The van der Waals surface area contributed by atoms with Crippen molar-refractivity contribution in [3.63, 3.8) is 0 Å². The van der Waals surface area contributed by atoms with Crippen molar-refractivity contribution in [2.24, 2.45) is 0 Å². The van der Waals surface area contributed by atoms with Gasteiger partial charge in [-0.1, -0.05) is 30.3 Å². The minimum absolute atomic E-state index is 0.0408. The topological polar surface area (TPSA) is 122 Å². The molecular formula is C23H18N4O5S2. The van der Waals surface area contributed by atoms with Crippen molar-refractivity contribution in [2.75, 3.05) is 5.32 Å². The van der Waals surface area contributed by atoms with Gasteiger partial charge in [0.25, 0.3) is 15.9 Å². The Morgan fingerprint density at radius 3 is 2.41 bits per heavy atom. The van der Waals surface area contributed by atoms with E-state index in [1.54, 1.807) is 83.8 Å². The van der Waals surface area contributed by atoms with Gasteiger partial charge in [-0.15, -0.1) is 11.3 Å². The number of nitrogens with zero attached hydrogens (tertiary/aromatic N) is 3. The van der Waals surface area contributed by atoms with E-state index >= 15 is 0 Å². The summed E-state index contributed by atoms with van der Waals surface area (Å²) in [6.45, 7) is -0.0888. The van der Waals surface area contributed by atoms with Crippen LogP contribution in [0, 0.1) is 0 Å². The summed E-state index contributed by atoms with van der Waals surface area (Å²) in [7, 11) is -4.04. The van der Waals surface area contributed by atoms with Crippen molar-refractivity contribution in [1.29, 1.82) is 0 Å². The molecule has 172 valence electrons. The SMILES string of the molecule is O=C(Nc1cc2c(s1)S(=O)(=O)N([C@@H](C(=O)O)c1ccccc1)C2)c1ccc(-n2cccn2)cc1. The lowest BCUT2D eigenvalue weighted by molar-refractivity contribution is -0.141. The molecule has 5 rings (SSSR count). The van der Waals surface area contributed by atoms with Crippen LogP contribution in [0.5, 0.6) is 0 Å². The number of aliphatic carboxylic acids is 1. The molecule has 0 saturated heterocycles. The second kappa shape index (κ2) is 8.52. The molecule has 1 amide bonds. The number of carboxylic acid groups (broad SMARTS) is 1. The van der Waals surface area contributed by atoms with Crippen molar-refractivity contribution >= 4 is 38.2 Å². The smallest absolute Gasteiger partial charge is 0.326 e. The number of amides is 1. The van der Waals surface area contributed by atoms with Gasteiger partial charge in [0.2, 0.25) is 0 Å². The highest BCUT2D eigenvalue weighted by atomic mass is 32.2. The highest BCUT2D eigenvalue weighted by Gasteiger charge is 2.44. The van der Waals surface area contributed by atoms with E-state index in [-0.39, 0.29) is 16.7 Å². The van der Waals surface area contributed by atoms with E-state index < -0.39 is 22.0 Å². The minimum Gasteiger partial charge on any atom is -0.480 e. The molecule has 0 bridgehead atoms. The molecule has 4 aromatic rings. The normalized spacial score (nSPS) is 15.5. The van der Waals surface area contributed by atoms with Crippen molar-refractivity contribution < 1.29 is 23.1 Å². The maximum absolute atomic E-state index is 13.2. The van der Waals surface area contributed by atoms with Crippen LogP contribution in [0.3, 0.4) is 0 Å². The standard InChI is InChI=1S/C23H18N4O5S2/c28-21(16-7-9-18(10-8-16)26-12-4-11-24-26)25-19-13-17-14-27(34(31,32)23(17)33-19)20(22(29)30)15-5-2-1-3-6-15/h1-13,20H,14H2,(H,25,28)(H,29,30)/t20-/m1/s1. The summed E-state index contributed by atoms with van der Waals surface area (Å²) in [5.41, 5.74) is 2.04. The molecule has 1 aliphatic rings. The summed E-state index contributed by atoms with van der Waals surface area (Å²) in [6.07, 6.45) is 3.45. The summed E-state index contributed by atoms with van der Waals surface area (Å²) in [5.74, 6) is -1.63. The first kappa shape index (κ1) is 22.0. The molecule has 2 aromatic heterocycles. The molecule has 0 aliphatic carbocycles. The van der Waals surface area contributed by atoms with Gasteiger partial charge in [0.05, 0.1) is 10.7 Å². The largest absolute Gasteiger partial charge is 0.480 e. The number of carbonyl (C=O) groups excluding carboxylic acids is 1. The number of rotatable bonds is 6. The van der Waals surface area contributed by atoms with Crippen molar-refractivity contribution in [2.45, 2.75) is 16.8 Å². The van der Waals surface area contributed by atoms with E-state index in [0.29, 0.717) is 21.7 Å². The predicted molar refractivity (Wildman–Crippen MR) is 125 cm³/mol. The molecule has 34 heavy (non-hydrogen) atoms. The molecule has 1 atom stereocenters. The van der Waals surface area contributed by atoms with Gasteiger partial charge >= 0.3 is 5.97 Å². The Balaban J connectivity index is 1.35. The molecule has 0 fully saturated rings. The van der Waals surface area contributed by atoms with Crippen molar-refractivity contribution in [1.82, 2.24) is 14.1 Å². The third-order valence-corrected chi connectivity index (χ3v) is 8.87. The molecule has 0 saturated carbocycles. The fourth-order valence-corrected chi connectivity index (χ4v) is 7.07. The summed E-state index contributed by atoms with van der Waals surface area (Å²) in [4.78, 5) is 24.6. The zero-order valence-electron chi connectivity index (χ0n) is 17.5. The first-order chi connectivity index (χ1) is 16.3. The van der Waals surface area contributed by atoms with E-state index in [9.17, 15) is 23.1 Å². The van der Waals surface area contributed by atoms with Gasteiger partial charge in [-0.2, -0.15) is 9.40 Å². The summed E-state index contributed by atoms with van der Waals surface area (Å²) in [5, 5.41) is 17.0. The summed E-state index contributed by atoms with van der Waals surface area (Å²) >= 11 is 0.913. The molecule has 9 nitrogen and oxygen atoms in total. The van der Waals surface area contributed by atoms with Gasteiger partial charge in [-0.3, -0.25) is 9.59 Å². The van der Waals surface area contributed by atoms with Crippen LogP contribution in [-0.4, -0.2) is 39.5 Å². The predicted octanol–water partition coefficient (Wildman–Crippen LogP) is 3.52. The number of benzene rings is 2. The number of sulfonamides is 1. The molecule has 0 unspecified atom stereocenters. The Kier molecular flexibility index (Phi) is 5.52. The zero-order chi connectivity index (χ0) is 23.9. The van der Waals surface area contributed by atoms with Gasteiger partial charge in [-0.25, -0.2) is 13.1 Å². The molecular weight excluding hydrogens is 476 g/mol. The van der Waals surface area contributed by atoms with Gasteiger partial charge in [-0.05, 0) is 42.0 Å². The number of thiophene rings is 1. The first-order valence-electron chi connectivity index (χ1n) is 10.2. The number of hydrogen-bond acceptors (Lipinski definition) is 6. The monoisotopic (exact) mass is 494 g/mol. The van der Waals surface area contributed by atoms with E-state index in [1.807, 2.05) is 0 Å². The van der Waals surface area contributed by atoms with Crippen LogP contribution in [-0.2, 0) is 21.4 Å². The summed E-state index contributed by atoms with van der Waals surface area (Å²) in [6, 6.07) is 17.1. The van der Waals surface area contributed by atoms with Crippen LogP contribution < -0.4 is 5.32 Å². The third kappa shape index (κ3) is 3.89. The van der Waals surface area contributed by atoms with Crippen LogP contribution in [0.25, 0.3) is 5.69 Å². The highest BCUT2D eigenvalue weighted by molar-refractivity contribution is 7.91. The lowest BCUT2D eigenvalue weighted by Gasteiger charge is -2.23.